The van der Waals surface area contributed by atoms with Crippen molar-refractivity contribution in [2.24, 2.45) is 0 Å². The van der Waals surface area contributed by atoms with Gasteiger partial charge in [-0.05, 0) is 18.6 Å². The molecule has 0 bridgehead atoms. The van der Waals surface area contributed by atoms with Crippen LogP contribution in [0, 0.1) is 0 Å². The summed E-state index contributed by atoms with van der Waals surface area (Å²) in [5, 5.41) is 0. The van der Waals surface area contributed by atoms with Crippen LogP contribution < -0.4 is 11.0 Å². The van der Waals surface area contributed by atoms with Crippen molar-refractivity contribution in [2.45, 2.75) is 19.8 Å². The number of nitrogens with zero attached hydrogens (tertiary/aromatic N) is 1. The normalized spacial score (nSPS) is 10.2. The fourth-order valence-electron chi connectivity index (χ4n) is 2.26. The van der Waals surface area contributed by atoms with Gasteiger partial charge in [0.05, 0.1) is 7.11 Å². The number of aryl methyl sites for hydroxylation is 2. The molecule has 1 aromatic carbocycles. The summed E-state index contributed by atoms with van der Waals surface area (Å²) in [5.74, 6) is -0.600. The topological polar surface area (TPSA) is 48.3 Å². The van der Waals surface area contributed by atoms with E-state index >= 15 is 0 Å². The number of ether oxygens (including phenoxy) is 1. The van der Waals surface area contributed by atoms with Gasteiger partial charge in [0, 0.05) is 12.7 Å². The molecule has 5 heteroatoms. The van der Waals surface area contributed by atoms with Gasteiger partial charge in [-0.1, -0.05) is 42.1 Å². The van der Waals surface area contributed by atoms with Crippen molar-refractivity contribution in [3.63, 3.8) is 0 Å². The van der Waals surface area contributed by atoms with E-state index in [1.807, 2.05) is 38.4 Å². The summed E-state index contributed by atoms with van der Waals surface area (Å²) >= 11 is 0. The van der Waals surface area contributed by atoms with Crippen LogP contribution in [0.25, 0.3) is 0 Å². The van der Waals surface area contributed by atoms with Crippen molar-refractivity contribution < 1.29 is 9.53 Å². The van der Waals surface area contributed by atoms with Crippen LogP contribution in [-0.4, -0.2) is 24.9 Å². The fraction of sp³-hybridized carbons (Fsp3) is 0.250. The molecule has 4 nitrogen and oxygen atoms in total. The van der Waals surface area contributed by atoms with Crippen LogP contribution in [0.4, 0.5) is 0 Å². The van der Waals surface area contributed by atoms with E-state index in [9.17, 15) is 9.59 Å². The Labute approximate surface area is 124 Å². The van der Waals surface area contributed by atoms with E-state index in [2.05, 4.69) is 4.74 Å². The third-order valence-corrected chi connectivity index (χ3v) is 3.41. The average molecular weight is 282 g/mol. The molecule has 1 heterocycles. The van der Waals surface area contributed by atoms with E-state index in [1.165, 1.54) is 18.7 Å². The fourth-order valence-corrected chi connectivity index (χ4v) is 2.26. The van der Waals surface area contributed by atoms with E-state index in [1.54, 1.807) is 16.8 Å². The molecule has 0 saturated carbocycles. The van der Waals surface area contributed by atoms with E-state index in [-0.39, 0.29) is 11.1 Å². The highest BCUT2D eigenvalue weighted by atomic mass is 16.5. The van der Waals surface area contributed by atoms with Crippen molar-refractivity contribution in [1.82, 2.24) is 4.57 Å². The Morgan fingerprint density at radius 2 is 2.00 bits per heavy atom. The predicted octanol–water partition coefficient (Wildman–Crippen LogP) is 1.26. The summed E-state index contributed by atoms with van der Waals surface area (Å²) < 4.78 is 6.15. The molecule has 1 aromatic heterocycles. The lowest BCUT2D eigenvalue weighted by Crippen LogP contribution is -2.28. The lowest BCUT2D eigenvalue weighted by Gasteiger charge is -2.10. The minimum atomic E-state index is -0.600. The Morgan fingerprint density at radius 3 is 2.71 bits per heavy atom. The maximum atomic E-state index is 12.2. The van der Waals surface area contributed by atoms with Gasteiger partial charge in [-0.3, -0.25) is 4.79 Å². The van der Waals surface area contributed by atoms with Gasteiger partial charge in [-0.15, -0.1) is 0 Å². The molecule has 0 atom stereocenters. The number of hydrogen-bond donors (Lipinski definition) is 0. The molecule has 1 radical (unpaired) electrons. The number of pyridine rings is 1. The molecule has 0 spiro atoms. The van der Waals surface area contributed by atoms with E-state index in [0.29, 0.717) is 6.54 Å². The average Bonchev–Trinajstić information content (AvgIpc) is 2.53. The summed E-state index contributed by atoms with van der Waals surface area (Å²) in [6.07, 6.45) is 2.41. The Balaban J connectivity index is 2.21. The van der Waals surface area contributed by atoms with Gasteiger partial charge in [0.25, 0.3) is 5.56 Å². The monoisotopic (exact) mass is 282 g/mol. The SMILES string of the molecule is C[B]c1ccccc1CCn1cccc(C(=O)OC)c1=O. The van der Waals surface area contributed by atoms with Crippen LogP contribution in [0.2, 0.25) is 6.82 Å². The molecule has 0 aliphatic rings. The van der Waals surface area contributed by atoms with Gasteiger partial charge in [-0.2, -0.15) is 0 Å². The molecule has 0 aliphatic carbocycles. The summed E-state index contributed by atoms with van der Waals surface area (Å²) in [6.45, 7) is 2.51. The Morgan fingerprint density at radius 1 is 1.24 bits per heavy atom. The van der Waals surface area contributed by atoms with Crippen LogP contribution in [0.3, 0.4) is 0 Å². The zero-order valence-electron chi connectivity index (χ0n) is 12.2. The molecule has 0 amide bonds. The molecule has 0 saturated heterocycles. The minimum absolute atomic E-state index is 0.0651. The summed E-state index contributed by atoms with van der Waals surface area (Å²) in [5.41, 5.74) is 2.09. The number of carbonyl (C=O) groups excluding carboxylic acids is 1. The summed E-state index contributed by atoms with van der Waals surface area (Å²) in [4.78, 5) is 23.7. The molecule has 2 aromatic rings. The lowest BCUT2D eigenvalue weighted by molar-refractivity contribution is 0.0598. The Bertz CT molecular complexity index is 694. The largest absolute Gasteiger partial charge is 0.465 e. The second-order valence-electron chi connectivity index (χ2n) is 4.65. The zero-order valence-corrected chi connectivity index (χ0v) is 12.2. The first-order valence-electron chi connectivity index (χ1n) is 6.82. The van der Waals surface area contributed by atoms with Crippen LogP contribution in [-0.2, 0) is 17.7 Å². The van der Waals surface area contributed by atoms with Gasteiger partial charge in [0.2, 0.25) is 0 Å². The van der Waals surface area contributed by atoms with Gasteiger partial charge >= 0.3 is 5.97 Å². The molecular weight excluding hydrogens is 265 g/mol. The van der Waals surface area contributed by atoms with E-state index < -0.39 is 5.97 Å². The maximum absolute atomic E-state index is 12.2. The number of hydrogen-bond acceptors (Lipinski definition) is 3. The third kappa shape index (κ3) is 3.43. The highest BCUT2D eigenvalue weighted by Crippen LogP contribution is 2.00. The lowest BCUT2D eigenvalue weighted by atomic mass is 9.70. The first-order valence-corrected chi connectivity index (χ1v) is 6.82. The Kier molecular flexibility index (Phi) is 4.98. The van der Waals surface area contributed by atoms with E-state index in [4.69, 9.17) is 0 Å². The van der Waals surface area contributed by atoms with Gasteiger partial charge in [0.1, 0.15) is 12.8 Å². The highest BCUT2D eigenvalue weighted by Gasteiger charge is 2.12. The predicted molar refractivity (Wildman–Crippen MR) is 83.4 cm³/mol. The second kappa shape index (κ2) is 6.93. The van der Waals surface area contributed by atoms with Gasteiger partial charge in [-0.25, -0.2) is 4.79 Å². The number of methoxy groups -OCH3 is 1. The smallest absolute Gasteiger partial charge is 0.343 e. The van der Waals surface area contributed by atoms with E-state index in [0.717, 1.165) is 11.9 Å². The van der Waals surface area contributed by atoms with Gasteiger partial charge < -0.3 is 9.30 Å². The quantitative estimate of drug-likeness (QED) is 0.612. The molecule has 2 rings (SSSR count). The van der Waals surface area contributed by atoms with Crippen LogP contribution >= 0.6 is 0 Å². The molecule has 0 N–H and O–H groups in total. The molecule has 0 aliphatic heterocycles. The van der Waals surface area contributed by atoms with Crippen molar-refractivity contribution in [2.75, 3.05) is 7.11 Å². The molecule has 0 unspecified atom stereocenters. The number of esters is 1. The molecule has 21 heavy (non-hydrogen) atoms. The molecule has 107 valence electrons. The number of rotatable bonds is 5. The number of carbonyl (C=O) groups is 1. The first-order chi connectivity index (χ1) is 10.2. The highest BCUT2D eigenvalue weighted by molar-refractivity contribution is 6.52. The molecular formula is C16H17BNO3. The third-order valence-electron chi connectivity index (χ3n) is 3.41. The Hall–Kier alpha value is -2.30. The number of benzene rings is 1. The van der Waals surface area contributed by atoms with Crippen molar-refractivity contribution in [3.8, 4) is 0 Å². The second-order valence-corrected chi connectivity index (χ2v) is 4.65. The molecule has 0 fully saturated rings. The minimum Gasteiger partial charge on any atom is -0.465 e. The standard InChI is InChI=1S/C16H17BNO3/c1-17-14-8-4-3-6-12(14)9-11-18-10-5-7-13(15(18)19)16(20)21-2/h3-8,10H,9,11H2,1-2H3. The van der Waals surface area contributed by atoms with Crippen molar-refractivity contribution in [1.29, 1.82) is 0 Å². The van der Waals surface area contributed by atoms with Crippen LogP contribution in [0.1, 0.15) is 15.9 Å². The van der Waals surface area contributed by atoms with Crippen LogP contribution in [0.15, 0.2) is 47.4 Å². The summed E-state index contributed by atoms with van der Waals surface area (Å²) in [6, 6.07) is 11.2. The first kappa shape index (κ1) is 15.1. The van der Waals surface area contributed by atoms with Crippen molar-refractivity contribution >= 4 is 18.7 Å². The zero-order chi connectivity index (χ0) is 15.2. The van der Waals surface area contributed by atoms with Crippen LogP contribution in [0.5, 0.6) is 0 Å². The van der Waals surface area contributed by atoms with Crippen molar-refractivity contribution in [3.05, 3.63) is 64.1 Å². The van der Waals surface area contributed by atoms with Gasteiger partial charge in [0.15, 0.2) is 0 Å². The summed E-state index contributed by atoms with van der Waals surface area (Å²) in [7, 11) is 3.31. The number of aromatic nitrogens is 1. The maximum Gasteiger partial charge on any atom is 0.343 e.